The summed E-state index contributed by atoms with van der Waals surface area (Å²) >= 11 is 0. The summed E-state index contributed by atoms with van der Waals surface area (Å²) in [6, 6.07) is 7.39. The highest BCUT2D eigenvalue weighted by Gasteiger charge is 2.32. The molecule has 0 aliphatic carbocycles. The van der Waals surface area contributed by atoms with Crippen molar-refractivity contribution < 1.29 is 19.4 Å². The largest absolute Gasteiger partial charge is 0.485 e. The molecule has 0 spiro atoms. The molecule has 0 radical (unpaired) electrons. The third-order valence-electron chi connectivity index (χ3n) is 3.97. The van der Waals surface area contributed by atoms with Gasteiger partial charge in [-0.25, -0.2) is 0 Å². The van der Waals surface area contributed by atoms with Crippen molar-refractivity contribution in [1.82, 2.24) is 4.90 Å². The van der Waals surface area contributed by atoms with E-state index in [9.17, 15) is 4.79 Å². The quantitative estimate of drug-likeness (QED) is 0.878. The predicted molar refractivity (Wildman–Crippen MR) is 72.7 cm³/mol. The van der Waals surface area contributed by atoms with Gasteiger partial charge in [-0.3, -0.25) is 4.79 Å². The Hall–Kier alpha value is -1.75. The first-order valence-corrected chi connectivity index (χ1v) is 7.06. The van der Waals surface area contributed by atoms with Gasteiger partial charge < -0.3 is 19.5 Å². The molecule has 0 saturated carbocycles. The van der Waals surface area contributed by atoms with Gasteiger partial charge >= 0.3 is 0 Å². The van der Waals surface area contributed by atoms with Gasteiger partial charge in [0.25, 0.3) is 5.91 Å². The number of ether oxygens (including phenoxy) is 2. The molecular formula is C15H19NO4. The van der Waals surface area contributed by atoms with Gasteiger partial charge in [0, 0.05) is 19.7 Å². The highest BCUT2D eigenvalue weighted by atomic mass is 16.6. The molecule has 2 aliphatic heterocycles. The van der Waals surface area contributed by atoms with E-state index in [1.807, 2.05) is 29.2 Å². The number of aliphatic hydroxyl groups excluding tert-OH is 1. The van der Waals surface area contributed by atoms with E-state index < -0.39 is 6.10 Å². The molecule has 0 unspecified atom stereocenters. The zero-order valence-corrected chi connectivity index (χ0v) is 11.3. The lowest BCUT2D eigenvalue weighted by atomic mass is 9.97. The number of hydrogen-bond donors (Lipinski definition) is 1. The summed E-state index contributed by atoms with van der Waals surface area (Å²) in [5, 5.41) is 9.13. The predicted octanol–water partition coefficient (Wildman–Crippen LogP) is 1.06. The second-order valence-corrected chi connectivity index (χ2v) is 5.32. The number of likely N-dealkylation sites (tertiary alicyclic amines) is 1. The Labute approximate surface area is 118 Å². The van der Waals surface area contributed by atoms with Crippen LogP contribution >= 0.6 is 0 Å². The van der Waals surface area contributed by atoms with E-state index in [1.165, 1.54) is 0 Å². The number of nitrogens with zero attached hydrogens (tertiary/aromatic N) is 1. The molecule has 3 rings (SSSR count). The summed E-state index contributed by atoms with van der Waals surface area (Å²) in [7, 11) is 0. The molecule has 1 atom stereocenters. The monoisotopic (exact) mass is 277 g/mol. The van der Waals surface area contributed by atoms with Crippen LogP contribution in [-0.4, -0.2) is 48.3 Å². The van der Waals surface area contributed by atoms with Gasteiger partial charge in [-0.15, -0.1) is 0 Å². The van der Waals surface area contributed by atoms with E-state index in [0.717, 1.165) is 12.8 Å². The van der Waals surface area contributed by atoms with Crippen molar-refractivity contribution in [3.63, 3.8) is 0 Å². The van der Waals surface area contributed by atoms with Crippen molar-refractivity contribution in [3.8, 4) is 11.5 Å². The summed E-state index contributed by atoms with van der Waals surface area (Å²) < 4.78 is 11.3. The van der Waals surface area contributed by atoms with Crippen LogP contribution in [0.4, 0.5) is 0 Å². The fraction of sp³-hybridized carbons (Fsp3) is 0.533. The number of benzene rings is 1. The van der Waals surface area contributed by atoms with Crippen LogP contribution in [0.2, 0.25) is 0 Å². The van der Waals surface area contributed by atoms with Gasteiger partial charge in [-0.2, -0.15) is 0 Å². The van der Waals surface area contributed by atoms with E-state index in [0.29, 0.717) is 30.5 Å². The number of fused-ring (bicyclic) bond motifs is 1. The molecular weight excluding hydrogens is 258 g/mol. The smallest absolute Gasteiger partial charge is 0.267 e. The van der Waals surface area contributed by atoms with Crippen LogP contribution in [0.5, 0.6) is 11.5 Å². The van der Waals surface area contributed by atoms with Crippen molar-refractivity contribution in [1.29, 1.82) is 0 Å². The number of amides is 1. The van der Waals surface area contributed by atoms with Gasteiger partial charge in [0.2, 0.25) is 6.10 Å². The minimum atomic E-state index is -0.560. The van der Waals surface area contributed by atoms with Gasteiger partial charge in [0.05, 0.1) is 0 Å². The Kier molecular flexibility index (Phi) is 3.78. The maximum atomic E-state index is 12.4. The number of hydrogen-bond acceptors (Lipinski definition) is 4. The molecule has 5 heteroatoms. The molecule has 2 heterocycles. The van der Waals surface area contributed by atoms with Crippen LogP contribution in [0, 0.1) is 5.92 Å². The molecule has 20 heavy (non-hydrogen) atoms. The lowest BCUT2D eigenvalue weighted by Crippen LogP contribution is -2.49. The molecule has 1 aromatic rings. The van der Waals surface area contributed by atoms with E-state index in [4.69, 9.17) is 14.6 Å². The lowest BCUT2D eigenvalue weighted by molar-refractivity contribution is -0.142. The zero-order chi connectivity index (χ0) is 13.9. The first kappa shape index (κ1) is 13.2. The number of rotatable bonds is 2. The average molecular weight is 277 g/mol. The van der Waals surface area contributed by atoms with Crippen molar-refractivity contribution in [3.05, 3.63) is 24.3 Å². The third kappa shape index (κ3) is 2.58. The fourth-order valence-electron chi connectivity index (χ4n) is 2.68. The minimum absolute atomic E-state index is 0.0177. The molecule has 108 valence electrons. The van der Waals surface area contributed by atoms with Crippen LogP contribution < -0.4 is 9.47 Å². The molecule has 1 saturated heterocycles. The Morgan fingerprint density at radius 1 is 1.25 bits per heavy atom. The molecule has 1 fully saturated rings. The number of piperidine rings is 1. The molecule has 0 aromatic heterocycles. The molecule has 1 aromatic carbocycles. The topological polar surface area (TPSA) is 59.0 Å². The summed E-state index contributed by atoms with van der Waals surface area (Å²) in [6.45, 7) is 1.84. The van der Waals surface area contributed by atoms with Gasteiger partial charge in [0.1, 0.15) is 6.61 Å². The Morgan fingerprint density at radius 3 is 2.65 bits per heavy atom. The van der Waals surface area contributed by atoms with Gasteiger partial charge in [0.15, 0.2) is 11.5 Å². The highest BCUT2D eigenvalue weighted by molar-refractivity contribution is 5.82. The summed E-state index contributed by atoms with van der Waals surface area (Å²) in [5.41, 5.74) is 0. The van der Waals surface area contributed by atoms with E-state index >= 15 is 0 Å². The fourth-order valence-corrected chi connectivity index (χ4v) is 2.68. The van der Waals surface area contributed by atoms with Crippen molar-refractivity contribution in [2.45, 2.75) is 18.9 Å². The average Bonchev–Trinajstić information content (AvgIpc) is 2.54. The van der Waals surface area contributed by atoms with E-state index in [2.05, 4.69) is 0 Å². The first-order chi connectivity index (χ1) is 9.78. The highest BCUT2D eigenvalue weighted by Crippen LogP contribution is 2.31. The maximum absolute atomic E-state index is 12.4. The van der Waals surface area contributed by atoms with Crippen LogP contribution in [0.25, 0.3) is 0 Å². The normalized spacial score (nSPS) is 22.6. The standard InChI is InChI=1S/C15H19NO4/c17-9-11-5-7-16(8-6-11)15(18)14-10-19-12-3-1-2-4-13(12)20-14/h1-4,11,14,17H,5-10H2/t14-/m0/s1. The molecule has 1 amide bonds. The lowest BCUT2D eigenvalue weighted by Gasteiger charge is -2.34. The minimum Gasteiger partial charge on any atom is -0.485 e. The van der Waals surface area contributed by atoms with Crippen molar-refractivity contribution in [2.75, 3.05) is 26.3 Å². The van der Waals surface area contributed by atoms with Crippen LogP contribution in [-0.2, 0) is 4.79 Å². The summed E-state index contributed by atoms with van der Waals surface area (Å²) in [6.07, 6.45) is 1.15. The number of carbonyl (C=O) groups is 1. The third-order valence-corrected chi connectivity index (χ3v) is 3.97. The molecule has 2 aliphatic rings. The number of para-hydroxylation sites is 2. The number of aliphatic hydroxyl groups is 1. The Balaban J connectivity index is 1.62. The number of carbonyl (C=O) groups excluding carboxylic acids is 1. The SMILES string of the molecule is O=C([C@@H]1COc2ccccc2O1)N1CCC(CO)CC1. The van der Waals surface area contributed by atoms with Crippen LogP contribution in [0.3, 0.4) is 0 Å². The Morgan fingerprint density at radius 2 is 1.95 bits per heavy atom. The second-order valence-electron chi connectivity index (χ2n) is 5.32. The zero-order valence-electron chi connectivity index (χ0n) is 11.3. The van der Waals surface area contributed by atoms with Crippen molar-refractivity contribution >= 4 is 5.91 Å². The van der Waals surface area contributed by atoms with E-state index in [-0.39, 0.29) is 19.1 Å². The second kappa shape index (κ2) is 5.71. The van der Waals surface area contributed by atoms with Gasteiger partial charge in [-0.1, -0.05) is 12.1 Å². The van der Waals surface area contributed by atoms with Crippen molar-refractivity contribution in [2.24, 2.45) is 5.92 Å². The van der Waals surface area contributed by atoms with E-state index in [1.54, 1.807) is 0 Å². The molecule has 1 N–H and O–H groups in total. The van der Waals surface area contributed by atoms with Crippen LogP contribution in [0.15, 0.2) is 24.3 Å². The molecule has 5 nitrogen and oxygen atoms in total. The molecule has 0 bridgehead atoms. The Bertz CT molecular complexity index is 483. The van der Waals surface area contributed by atoms with Gasteiger partial charge in [-0.05, 0) is 30.9 Å². The summed E-state index contributed by atoms with van der Waals surface area (Å²) in [4.78, 5) is 14.2. The first-order valence-electron chi connectivity index (χ1n) is 7.06. The summed E-state index contributed by atoms with van der Waals surface area (Å²) in [5.74, 6) is 1.62. The maximum Gasteiger partial charge on any atom is 0.267 e. The van der Waals surface area contributed by atoms with Crippen LogP contribution in [0.1, 0.15) is 12.8 Å².